The lowest BCUT2D eigenvalue weighted by atomic mass is 10.0. The fraction of sp³-hybridized carbons (Fsp3) is 0.556. The standard InChI is InChI=1S/C18H26O2/c1-16(19)11-7-4-2-3-5-10-14-18(20)15-17-12-8-6-9-13-17/h6,8-9,12-13H,2-5,7,10-11,14-15H2,1H3. The molecule has 0 spiro atoms. The second kappa shape index (κ2) is 10.4. The van der Waals surface area contributed by atoms with Gasteiger partial charge < -0.3 is 4.79 Å². The molecule has 0 radical (unpaired) electrons. The quantitative estimate of drug-likeness (QED) is 0.556. The van der Waals surface area contributed by atoms with E-state index in [-0.39, 0.29) is 5.78 Å². The highest BCUT2D eigenvalue weighted by atomic mass is 16.1. The van der Waals surface area contributed by atoms with Crippen LogP contribution in [0.2, 0.25) is 0 Å². The van der Waals surface area contributed by atoms with Crippen LogP contribution in [-0.4, -0.2) is 11.6 Å². The first kappa shape index (κ1) is 16.6. The van der Waals surface area contributed by atoms with Crippen LogP contribution in [0.5, 0.6) is 0 Å². The van der Waals surface area contributed by atoms with Crippen molar-refractivity contribution >= 4 is 11.6 Å². The maximum absolute atomic E-state index is 11.8. The van der Waals surface area contributed by atoms with Crippen LogP contribution in [0, 0.1) is 0 Å². The van der Waals surface area contributed by atoms with Crippen LogP contribution in [0.4, 0.5) is 0 Å². The molecule has 110 valence electrons. The smallest absolute Gasteiger partial charge is 0.137 e. The number of carbonyl (C=O) groups is 2. The first-order valence-electron chi connectivity index (χ1n) is 7.73. The number of carbonyl (C=O) groups excluding carboxylic acids is 2. The van der Waals surface area contributed by atoms with Crippen LogP contribution in [0.15, 0.2) is 30.3 Å². The molecule has 0 saturated carbocycles. The Labute approximate surface area is 122 Å². The van der Waals surface area contributed by atoms with Gasteiger partial charge in [0, 0.05) is 19.3 Å². The number of hydrogen-bond donors (Lipinski definition) is 0. The summed E-state index contributed by atoms with van der Waals surface area (Å²) in [6.45, 7) is 1.65. The number of benzene rings is 1. The predicted molar refractivity (Wildman–Crippen MR) is 82.8 cm³/mol. The van der Waals surface area contributed by atoms with Crippen LogP contribution in [0.3, 0.4) is 0 Å². The molecule has 0 bridgehead atoms. The summed E-state index contributed by atoms with van der Waals surface area (Å²) in [4.78, 5) is 22.6. The van der Waals surface area contributed by atoms with E-state index in [0.717, 1.165) is 37.7 Å². The van der Waals surface area contributed by atoms with E-state index in [1.165, 1.54) is 12.8 Å². The van der Waals surface area contributed by atoms with Crippen molar-refractivity contribution in [1.82, 2.24) is 0 Å². The van der Waals surface area contributed by atoms with Crippen LogP contribution in [-0.2, 0) is 16.0 Å². The normalized spacial score (nSPS) is 10.4. The van der Waals surface area contributed by atoms with E-state index in [4.69, 9.17) is 0 Å². The molecule has 0 aliphatic heterocycles. The van der Waals surface area contributed by atoms with E-state index in [1.54, 1.807) is 6.92 Å². The van der Waals surface area contributed by atoms with Crippen LogP contribution in [0.25, 0.3) is 0 Å². The lowest BCUT2D eigenvalue weighted by Crippen LogP contribution is -2.02. The summed E-state index contributed by atoms with van der Waals surface area (Å²) in [5.74, 6) is 0.629. The van der Waals surface area contributed by atoms with Gasteiger partial charge in [0.05, 0.1) is 0 Å². The predicted octanol–water partition coefficient (Wildman–Crippen LogP) is 4.51. The van der Waals surface area contributed by atoms with Gasteiger partial charge in [0.15, 0.2) is 0 Å². The van der Waals surface area contributed by atoms with Gasteiger partial charge in [0.2, 0.25) is 0 Å². The third-order valence-corrected chi connectivity index (χ3v) is 3.48. The summed E-state index contributed by atoms with van der Waals surface area (Å²) in [6, 6.07) is 9.94. The zero-order valence-corrected chi connectivity index (χ0v) is 12.6. The fourth-order valence-corrected chi connectivity index (χ4v) is 2.32. The van der Waals surface area contributed by atoms with E-state index in [0.29, 0.717) is 18.6 Å². The molecule has 2 heteroatoms. The van der Waals surface area contributed by atoms with Gasteiger partial charge in [-0.15, -0.1) is 0 Å². The van der Waals surface area contributed by atoms with Gasteiger partial charge in [-0.2, -0.15) is 0 Å². The van der Waals surface area contributed by atoms with Gasteiger partial charge >= 0.3 is 0 Å². The Balaban J connectivity index is 1.96. The highest BCUT2D eigenvalue weighted by molar-refractivity contribution is 5.80. The van der Waals surface area contributed by atoms with Crippen molar-refractivity contribution in [3.63, 3.8) is 0 Å². The van der Waals surface area contributed by atoms with E-state index < -0.39 is 0 Å². The highest BCUT2D eigenvalue weighted by Crippen LogP contribution is 2.10. The third kappa shape index (κ3) is 8.63. The Morgan fingerprint density at radius 1 is 0.800 bits per heavy atom. The monoisotopic (exact) mass is 274 g/mol. The summed E-state index contributed by atoms with van der Waals surface area (Å²) in [7, 11) is 0. The van der Waals surface area contributed by atoms with Crippen LogP contribution < -0.4 is 0 Å². The van der Waals surface area contributed by atoms with E-state index in [2.05, 4.69) is 0 Å². The Morgan fingerprint density at radius 3 is 1.95 bits per heavy atom. The van der Waals surface area contributed by atoms with E-state index in [9.17, 15) is 9.59 Å². The van der Waals surface area contributed by atoms with Gasteiger partial charge in [-0.1, -0.05) is 56.0 Å². The zero-order chi connectivity index (χ0) is 14.6. The minimum Gasteiger partial charge on any atom is -0.300 e. The van der Waals surface area contributed by atoms with Crippen molar-refractivity contribution in [2.45, 2.75) is 64.7 Å². The summed E-state index contributed by atoms with van der Waals surface area (Å²) in [6.07, 6.45) is 8.62. The van der Waals surface area contributed by atoms with E-state index in [1.807, 2.05) is 30.3 Å². The molecule has 20 heavy (non-hydrogen) atoms. The van der Waals surface area contributed by atoms with Crippen molar-refractivity contribution in [1.29, 1.82) is 0 Å². The summed E-state index contributed by atoms with van der Waals surface area (Å²) in [5, 5.41) is 0. The zero-order valence-electron chi connectivity index (χ0n) is 12.6. The highest BCUT2D eigenvalue weighted by Gasteiger charge is 2.03. The number of Topliss-reactive ketones (excluding diaryl/α,β-unsaturated/α-hetero) is 2. The van der Waals surface area contributed by atoms with Gasteiger partial charge in [0.1, 0.15) is 11.6 Å². The van der Waals surface area contributed by atoms with Crippen LogP contribution in [0.1, 0.15) is 63.9 Å². The molecule has 1 rings (SSSR count). The Bertz CT molecular complexity index is 395. The van der Waals surface area contributed by atoms with Crippen molar-refractivity contribution in [3.05, 3.63) is 35.9 Å². The molecule has 1 aromatic carbocycles. The molecule has 0 aliphatic rings. The Morgan fingerprint density at radius 2 is 1.35 bits per heavy atom. The van der Waals surface area contributed by atoms with Gasteiger partial charge in [-0.05, 0) is 25.3 Å². The third-order valence-electron chi connectivity index (χ3n) is 3.48. The van der Waals surface area contributed by atoms with Gasteiger partial charge in [-0.25, -0.2) is 0 Å². The topological polar surface area (TPSA) is 34.1 Å². The molecule has 0 saturated heterocycles. The van der Waals surface area contributed by atoms with E-state index >= 15 is 0 Å². The average Bonchev–Trinajstić information content (AvgIpc) is 2.42. The molecule has 0 aromatic heterocycles. The molecule has 0 N–H and O–H groups in total. The molecule has 1 aromatic rings. The molecule has 2 nitrogen and oxygen atoms in total. The molecule has 0 atom stereocenters. The number of ketones is 2. The second-order valence-corrected chi connectivity index (χ2v) is 5.52. The van der Waals surface area contributed by atoms with Crippen molar-refractivity contribution in [3.8, 4) is 0 Å². The number of rotatable bonds is 11. The largest absolute Gasteiger partial charge is 0.300 e. The summed E-state index contributed by atoms with van der Waals surface area (Å²) >= 11 is 0. The molecule has 0 heterocycles. The molecular formula is C18H26O2. The summed E-state index contributed by atoms with van der Waals surface area (Å²) < 4.78 is 0. The van der Waals surface area contributed by atoms with Crippen LogP contribution >= 0.6 is 0 Å². The van der Waals surface area contributed by atoms with Gasteiger partial charge in [0.25, 0.3) is 0 Å². The lowest BCUT2D eigenvalue weighted by Gasteiger charge is -2.02. The van der Waals surface area contributed by atoms with Crippen molar-refractivity contribution < 1.29 is 9.59 Å². The number of unbranched alkanes of at least 4 members (excludes halogenated alkanes) is 5. The Kier molecular flexibility index (Phi) is 8.61. The SMILES string of the molecule is CC(=O)CCCCCCCCC(=O)Cc1ccccc1. The van der Waals surface area contributed by atoms with Crippen molar-refractivity contribution in [2.75, 3.05) is 0 Å². The molecule has 0 unspecified atom stereocenters. The first-order valence-corrected chi connectivity index (χ1v) is 7.73. The molecular weight excluding hydrogens is 248 g/mol. The average molecular weight is 274 g/mol. The molecule has 0 fully saturated rings. The maximum Gasteiger partial charge on any atom is 0.137 e. The molecule has 0 amide bonds. The van der Waals surface area contributed by atoms with Crippen molar-refractivity contribution in [2.24, 2.45) is 0 Å². The fourth-order valence-electron chi connectivity index (χ4n) is 2.32. The van der Waals surface area contributed by atoms with Gasteiger partial charge in [-0.3, -0.25) is 4.79 Å². The summed E-state index contributed by atoms with van der Waals surface area (Å²) in [5.41, 5.74) is 1.11. The second-order valence-electron chi connectivity index (χ2n) is 5.52. The lowest BCUT2D eigenvalue weighted by molar-refractivity contribution is -0.119. The Hall–Kier alpha value is -1.44. The molecule has 0 aliphatic carbocycles. The first-order chi connectivity index (χ1) is 9.68. The maximum atomic E-state index is 11.8. The minimum atomic E-state index is 0.288. The minimum absolute atomic E-state index is 0.288. The number of hydrogen-bond acceptors (Lipinski definition) is 2.